The van der Waals surface area contributed by atoms with Gasteiger partial charge in [-0.05, 0) is 37.6 Å². The molecule has 1 amide bonds. The number of amides is 1. The van der Waals surface area contributed by atoms with Gasteiger partial charge in [-0.2, -0.15) is 17.5 Å². The molecule has 1 heterocycles. The molecule has 0 aromatic heterocycles. The highest BCUT2D eigenvalue weighted by atomic mass is 32.2. The Morgan fingerprint density at radius 1 is 1.33 bits per heavy atom. The third-order valence-electron chi connectivity index (χ3n) is 3.73. The summed E-state index contributed by atoms with van der Waals surface area (Å²) in [6.45, 7) is 1.96. The van der Waals surface area contributed by atoms with E-state index in [9.17, 15) is 26.4 Å². The molecular formula is C14H18F3N3O3S. The number of nitrogens with one attached hydrogen (secondary N) is 1. The Balaban J connectivity index is 2.33. The average molecular weight is 365 g/mol. The van der Waals surface area contributed by atoms with Crippen LogP contribution >= 0.6 is 0 Å². The number of nitrogens with two attached hydrogens (primary N) is 1. The van der Waals surface area contributed by atoms with Gasteiger partial charge < -0.3 is 11.1 Å². The summed E-state index contributed by atoms with van der Waals surface area (Å²) in [6, 6.07) is 1.69. The van der Waals surface area contributed by atoms with Crippen molar-refractivity contribution in [3.63, 3.8) is 0 Å². The third kappa shape index (κ3) is 3.70. The number of halogens is 3. The van der Waals surface area contributed by atoms with Crippen LogP contribution in [0.4, 0.5) is 13.2 Å². The van der Waals surface area contributed by atoms with Crippen molar-refractivity contribution in [2.24, 2.45) is 5.73 Å². The van der Waals surface area contributed by atoms with Crippen molar-refractivity contribution >= 4 is 15.9 Å². The molecule has 2 rings (SSSR count). The monoisotopic (exact) mass is 365 g/mol. The average Bonchev–Trinajstić information content (AvgIpc) is 2.90. The summed E-state index contributed by atoms with van der Waals surface area (Å²) in [5.74, 6) is -0.471. The maximum Gasteiger partial charge on any atom is 0.416 e. The van der Waals surface area contributed by atoms with Crippen LogP contribution in [0.3, 0.4) is 0 Å². The molecule has 0 aliphatic carbocycles. The molecule has 6 nitrogen and oxygen atoms in total. The minimum absolute atomic E-state index is 0.0643. The second kappa shape index (κ2) is 6.69. The molecule has 10 heteroatoms. The van der Waals surface area contributed by atoms with E-state index >= 15 is 0 Å². The van der Waals surface area contributed by atoms with Gasteiger partial charge in [0.1, 0.15) is 6.04 Å². The van der Waals surface area contributed by atoms with Gasteiger partial charge >= 0.3 is 6.18 Å². The predicted molar refractivity (Wildman–Crippen MR) is 80.4 cm³/mol. The van der Waals surface area contributed by atoms with Crippen molar-refractivity contribution in [2.45, 2.75) is 36.5 Å². The van der Waals surface area contributed by atoms with Gasteiger partial charge in [0.05, 0.1) is 10.5 Å². The standard InChI is InChI=1S/C14H18F3N3O3S/c1-2-19-13(21)12-7-10(18)8-20(12)24(22,23)11-5-3-9(4-6-11)14(15,16)17/h3-6,10,12H,2,7-8,18H2,1H3,(H,19,21). The van der Waals surface area contributed by atoms with Crippen LogP contribution in [-0.4, -0.2) is 43.8 Å². The van der Waals surface area contributed by atoms with Crippen molar-refractivity contribution in [3.8, 4) is 0 Å². The van der Waals surface area contributed by atoms with E-state index < -0.39 is 39.8 Å². The zero-order valence-electron chi connectivity index (χ0n) is 12.9. The molecule has 0 saturated carbocycles. The van der Waals surface area contributed by atoms with E-state index in [1.54, 1.807) is 6.92 Å². The Kier molecular flexibility index (Phi) is 5.21. The third-order valence-corrected chi connectivity index (χ3v) is 5.62. The molecule has 0 bridgehead atoms. The Morgan fingerprint density at radius 2 is 1.92 bits per heavy atom. The molecule has 1 saturated heterocycles. The van der Waals surface area contributed by atoms with Crippen LogP contribution in [-0.2, 0) is 21.0 Å². The van der Waals surface area contributed by atoms with Gasteiger partial charge in [0.25, 0.3) is 0 Å². The molecule has 1 aliphatic rings. The summed E-state index contributed by atoms with van der Waals surface area (Å²) < 4.78 is 64.1. The lowest BCUT2D eigenvalue weighted by Gasteiger charge is -2.23. The van der Waals surface area contributed by atoms with E-state index in [2.05, 4.69) is 5.32 Å². The number of sulfonamides is 1. The minimum atomic E-state index is -4.55. The Morgan fingerprint density at radius 3 is 2.42 bits per heavy atom. The van der Waals surface area contributed by atoms with Gasteiger partial charge in [0, 0.05) is 19.1 Å². The Bertz CT molecular complexity index is 704. The van der Waals surface area contributed by atoms with Crippen LogP contribution in [0.15, 0.2) is 29.2 Å². The minimum Gasteiger partial charge on any atom is -0.355 e. The van der Waals surface area contributed by atoms with Gasteiger partial charge in [-0.25, -0.2) is 8.42 Å². The van der Waals surface area contributed by atoms with Crippen molar-refractivity contribution in [1.29, 1.82) is 0 Å². The maximum atomic E-state index is 12.7. The number of carbonyl (C=O) groups excluding carboxylic acids is 1. The van der Waals surface area contributed by atoms with Crippen LogP contribution in [0, 0.1) is 0 Å². The van der Waals surface area contributed by atoms with E-state index in [0.717, 1.165) is 16.4 Å². The zero-order chi connectivity index (χ0) is 18.1. The normalized spacial score (nSPS) is 22.5. The van der Waals surface area contributed by atoms with Crippen LogP contribution in [0.25, 0.3) is 0 Å². The second-order valence-corrected chi connectivity index (χ2v) is 7.39. The molecule has 2 unspecified atom stereocenters. The van der Waals surface area contributed by atoms with Crippen molar-refractivity contribution in [2.75, 3.05) is 13.1 Å². The first-order chi connectivity index (χ1) is 11.1. The summed E-state index contributed by atoms with van der Waals surface area (Å²) in [5.41, 5.74) is 4.83. The molecule has 24 heavy (non-hydrogen) atoms. The number of hydrogen-bond acceptors (Lipinski definition) is 4. The first-order valence-corrected chi connectivity index (χ1v) is 8.73. The molecule has 2 atom stereocenters. The maximum absolute atomic E-state index is 12.7. The number of rotatable bonds is 4. The molecule has 134 valence electrons. The Hall–Kier alpha value is -1.65. The number of alkyl halides is 3. The van der Waals surface area contributed by atoms with Gasteiger partial charge in [-0.1, -0.05) is 0 Å². The van der Waals surface area contributed by atoms with E-state index in [-0.39, 0.29) is 17.9 Å². The van der Waals surface area contributed by atoms with Gasteiger partial charge in [-0.15, -0.1) is 0 Å². The number of likely N-dealkylation sites (N-methyl/N-ethyl adjacent to an activating group) is 1. The van der Waals surface area contributed by atoms with E-state index in [1.807, 2.05) is 0 Å². The zero-order valence-corrected chi connectivity index (χ0v) is 13.7. The van der Waals surface area contributed by atoms with E-state index in [1.165, 1.54) is 0 Å². The largest absolute Gasteiger partial charge is 0.416 e. The molecule has 1 aromatic carbocycles. The lowest BCUT2D eigenvalue weighted by molar-refractivity contribution is -0.137. The summed E-state index contributed by atoms with van der Waals surface area (Å²) in [6.07, 6.45) is -4.40. The summed E-state index contributed by atoms with van der Waals surface area (Å²) in [4.78, 5) is 11.7. The summed E-state index contributed by atoms with van der Waals surface area (Å²) >= 11 is 0. The number of carbonyl (C=O) groups is 1. The van der Waals surface area contributed by atoms with Crippen molar-refractivity contribution < 1.29 is 26.4 Å². The molecule has 1 fully saturated rings. The molecular weight excluding hydrogens is 347 g/mol. The SMILES string of the molecule is CCNC(=O)C1CC(N)CN1S(=O)(=O)c1ccc(C(F)(F)F)cc1. The molecule has 0 spiro atoms. The van der Waals surface area contributed by atoms with Crippen molar-refractivity contribution in [3.05, 3.63) is 29.8 Å². The Labute approximate surface area is 137 Å². The highest BCUT2D eigenvalue weighted by Crippen LogP contribution is 2.31. The fraction of sp³-hybridized carbons (Fsp3) is 0.500. The van der Waals surface area contributed by atoms with Gasteiger partial charge in [0.15, 0.2) is 0 Å². The fourth-order valence-electron chi connectivity index (χ4n) is 2.58. The number of hydrogen-bond donors (Lipinski definition) is 2. The molecule has 1 aromatic rings. The van der Waals surface area contributed by atoms with Gasteiger partial charge in [0.2, 0.25) is 15.9 Å². The number of benzene rings is 1. The first kappa shape index (κ1) is 18.7. The van der Waals surface area contributed by atoms with Crippen LogP contribution in [0.5, 0.6) is 0 Å². The lowest BCUT2D eigenvalue weighted by atomic mass is 10.2. The van der Waals surface area contributed by atoms with Crippen LogP contribution in [0.1, 0.15) is 18.9 Å². The van der Waals surface area contributed by atoms with Crippen molar-refractivity contribution in [1.82, 2.24) is 9.62 Å². The van der Waals surface area contributed by atoms with Crippen LogP contribution in [0.2, 0.25) is 0 Å². The smallest absolute Gasteiger partial charge is 0.355 e. The predicted octanol–water partition coefficient (Wildman–Crippen LogP) is 0.932. The fourth-order valence-corrected chi connectivity index (χ4v) is 4.24. The lowest BCUT2D eigenvalue weighted by Crippen LogP contribution is -2.45. The highest BCUT2D eigenvalue weighted by Gasteiger charge is 2.42. The summed E-state index contributed by atoms with van der Waals surface area (Å²) in [7, 11) is -4.12. The van der Waals surface area contributed by atoms with Gasteiger partial charge in [-0.3, -0.25) is 4.79 Å². The quantitative estimate of drug-likeness (QED) is 0.830. The number of nitrogens with zero attached hydrogens (tertiary/aromatic N) is 1. The summed E-state index contributed by atoms with van der Waals surface area (Å²) in [5, 5.41) is 2.54. The highest BCUT2D eigenvalue weighted by molar-refractivity contribution is 7.89. The van der Waals surface area contributed by atoms with Crippen LogP contribution < -0.4 is 11.1 Å². The topological polar surface area (TPSA) is 92.5 Å². The van der Waals surface area contributed by atoms with E-state index in [4.69, 9.17) is 5.73 Å². The second-order valence-electron chi connectivity index (χ2n) is 5.50. The van der Waals surface area contributed by atoms with E-state index in [0.29, 0.717) is 18.7 Å². The molecule has 1 aliphatic heterocycles. The molecule has 3 N–H and O–H groups in total. The molecule has 0 radical (unpaired) electrons. The first-order valence-electron chi connectivity index (χ1n) is 7.29.